The van der Waals surface area contributed by atoms with E-state index < -0.39 is 5.91 Å². The zero-order chi connectivity index (χ0) is 19.3. The number of hydrogen-bond donors (Lipinski definition) is 2. The van der Waals surface area contributed by atoms with Gasteiger partial charge in [-0.2, -0.15) is 0 Å². The highest BCUT2D eigenvalue weighted by molar-refractivity contribution is 5.93. The third-order valence-corrected chi connectivity index (χ3v) is 4.46. The first-order valence-electron chi connectivity index (χ1n) is 8.82. The fourth-order valence-electron chi connectivity index (χ4n) is 3.03. The summed E-state index contributed by atoms with van der Waals surface area (Å²) in [6, 6.07) is 25.4. The van der Waals surface area contributed by atoms with Crippen LogP contribution in [0.5, 0.6) is 0 Å². The summed E-state index contributed by atoms with van der Waals surface area (Å²) in [6.07, 6.45) is 1.87. The van der Waals surface area contributed by atoms with Crippen LogP contribution in [0.25, 0.3) is 22.4 Å². The van der Waals surface area contributed by atoms with Crippen LogP contribution in [0.1, 0.15) is 15.9 Å². The summed E-state index contributed by atoms with van der Waals surface area (Å²) in [5.41, 5.74) is 7.02. The number of hydrogen-bond acceptors (Lipinski definition) is 4. The maximum atomic E-state index is 11.4. The summed E-state index contributed by atoms with van der Waals surface area (Å²) < 4.78 is 1.79. The van der Waals surface area contributed by atoms with Crippen LogP contribution in [0.3, 0.4) is 0 Å². The van der Waals surface area contributed by atoms with E-state index in [1.807, 2.05) is 30.5 Å². The molecule has 0 saturated carbocycles. The van der Waals surface area contributed by atoms with Gasteiger partial charge < -0.3 is 0 Å². The van der Waals surface area contributed by atoms with Crippen LogP contribution in [0.4, 0.5) is 0 Å². The fourth-order valence-corrected chi connectivity index (χ4v) is 3.03. The van der Waals surface area contributed by atoms with Crippen molar-refractivity contribution in [3.63, 3.8) is 0 Å². The van der Waals surface area contributed by atoms with Gasteiger partial charge in [0.05, 0.1) is 12.7 Å². The highest BCUT2D eigenvalue weighted by atomic mass is 16.5. The first kappa shape index (κ1) is 17.6. The lowest BCUT2D eigenvalue weighted by molar-refractivity contribution is 0.0706. The third kappa shape index (κ3) is 3.82. The molecular weight excluding hydrogens is 352 g/mol. The van der Waals surface area contributed by atoms with Crippen LogP contribution < -0.4 is 5.48 Å². The van der Waals surface area contributed by atoms with Crippen molar-refractivity contribution in [3.05, 3.63) is 96.2 Å². The van der Waals surface area contributed by atoms with Crippen molar-refractivity contribution >= 4 is 5.91 Å². The number of carbonyl (C=O) groups is 1. The monoisotopic (exact) mass is 370 g/mol. The maximum Gasteiger partial charge on any atom is 0.274 e. The predicted octanol–water partition coefficient (Wildman–Crippen LogP) is 3.78. The third-order valence-electron chi connectivity index (χ3n) is 4.46. The fraction of sp³-hybridized carbons (Fsp3) is 0.0455. The Balaban J connectivity index is 1.52. The lowest BCUT2D eigenvalue weighted by Gasteiger charge is -2.05. The minimum atomic E-state index is -0.548. The molecule has 0 radical (unpaired) electrons. The SMILES string of the molecule is O=C(NO)c1ccc(-c2cn(Cc3cccc(-c4ccccc4)c3)nn2)cc1. The molecule has 3 aromatic carbocycles. The van der Waals surface area contributed by atoms with Crippen LogP contribution in [-0.2, 0) is 6.54 Å². The lowest BCUT2D eigenvalue weighted by Crippen LogP contribution is -2.18. The van der Waals surface area contributed by atoms with E-state index in [-0.39, 0.29) is 0 Å². The molecule has 1 aromatic heterocycles. The molecular formula is C22H18N4O2. The quantitative estimate of drug-likeness (QED) is 0.414. The molecule has 4 aromatic rings. The van der Waals surface area contributed by atoms with Crippen LogP contribution in [0, 0.1) is 0 Å². The van der Waals surface area contributed by atoms with E-state index in [1.54, 1.807) is 34.4 Å². The topological polar surface area (TPSA) is 80.0 Å². The Morgan fingerprint density at radius 3 is 2.39 bits per heavy atom. The van der Waals surface area contributed by atoms with E-state index >= 15 is 0 Å². The number of nitrogens with one attached hydrogen (secondary N) is 1. The summed E-state index contributed by atoms with van der Waals surface area (Å²) in [4.78, 5) is 11.4. The molecule has 0 aliphatic heterocycles. The van der Waals surface area contributed by atoms with E-state index in [4.69, 9.17) is 5.21 Å². The number of carbonyl (C=O) groups excluding carboxylic acids is 1. The van der Waals surface area contributed by atoms with E-state index in [0.29, 0.717) is 12.1 Å². The molecule has 0 aliphatic carbocycles. The van der Waals surface area contributed by atoms with Crippen LogP contribution in [0.15, 0.2) is 85.1 Å². The smallest absolute Gasteiger partial charge is 0.274 e. The Morgan fingerprint density at radius 1 is 0.893 bits per heavy atom. The minimum absolute atomic E-state index is 0.372. The van der Waals surface area contributed by atoms with Gasteiger partial charge in [-0.1, -0.05) is 65.9 Å². The summed E-state index contributed by atoms with van der Waals surface area (Å²) in [5.74, 6) is -0.548. The molecule has 138 valence electrons. The Labute approximate surface area is 162 Å². The van der Waals surface area contributed by atoms with Crippen molar-refractivity contribution in [3.8, 4) is 22.4 Å². The molecule has 4 rings (SSSR count). The van der Waals surface area contributed by atoms with Crippen molar-refractivity contribution in [2.45, 2.75) is 6.54 Å². The predicted molar refractivity (Wildman–Crippen MR) is 106 cm³/mol. The van der Waals surface area contributed by atoms with E-state index in [9.17, 15) is 4.79 Å². The standard InChI is InChI=1S/C22H18N4O2/c27-22(24-28)19-11-9-18(10-12-19)21-15-26(25-23-21)14-16-5-4-8-20(13-16)17-6-2-1-3-7-17/h1-13,15,28H,14H2,(H,24,27). The van der Waals surface area contributed by atoms with Gasteiger partial charge in [-0.15, -0.1) is 5.10 Å². The zero-order valence-electron chi connectivity index (χ0n) is 15.0. The number of rotatable bonds is 5. The number of benzene rings is 3. The summed E-state index contributed by atoms with van der Waals surface area (Å²) >= 11 is 0. The van der Waals surface area contributed by atoms with Gasteiger partial charge in [0, 0.05) is 11.1 Å². The van der Waals surface area contributed by atoms with Gasteiger partial charge in [-0.05, 0) is 34.9 Å². The molecule has 0 saturated heterocycles. The second kappa shape index (κ2) is 7.85. The Kier molecular flexibility index (Phi) is 4.95. The molecule has 0 bridgehead atoms. The number of aromatic nitrogens is 3. The molecule has 0 spiro atoms. The molecule has 0 atom stereocenters. The van der Waals surface area contributed by atoms with E-state index in [2.05, 4.69) is 40.6 Å². The van der Waals surface area contributed by atoms with Crippen molar-refractivity contribution < 1.29 is 10.0 Å². The van der Waals surface area contributed by atoms with Gasteiger partial charge in [0.25, 0.3) is 5.91 Å². The first-order valence-corrected chi connectivity index (χ1v) is 8.82. The van der Waals surface area contributed by atoms with Crippen LogP contribution in [-0.4, -0.2) is 26.1 Å². The Morgan fingerprint density at radius 2 is 1.64 bits per heavy atom. The lowest BCUT2D eigenvalue weighted by atomic mass is 10.0. The van der Waals surface area contributed by atoms with Crippen molar-refractivity contribution in [1.82, 2.24) is 20.5 Å². The second-order valence-corrected chi connectivity index (χ2v) is 6.39. The second-order valence-electron chi connectivity index (χ2n) is 6.39. The van der Waals surface area contributed by atoms with Crippen LogP contribution >= 0.6 is 0 Å². The molecule has 28 heavy (non-hydrogen) atoms. The van der Waals surface area contributed by atoms with Gasteiger partial charge in [0.15, 0.2) is 0 Å². The van der Waals surface area contributed by atoms with Gasteiger partial charge in [-0.25, -0.2) is 10.2 Å². The zero-order valence-corrected chi connectivity index (χ0v) is 15.0. The summed E-state index contributed by atoms with van der Waals surface area (Å²) in [6.45, 7) is 0.610. The number of hydroxylamine groups is 1. The largest absolute Gasteiger partial charge is 0.288 e. The first-order chi connectivity index (χ1) is 13.7. The van der Waals surface area contributed by atoms with E-state index in [1.165, 1.54) is 5.56 Å². The van der Waals surface area contributed by atoms with Crippen LogP contribution in [0.2, 0.25) is 0 Å². The minimum Gasteiger partial charge on any atom is -0.288 e. The van der Waals surface area contributed by atoms with Gasteiger partial charge in [-0.3, -0.25) is 10.0 Å². The van der Waals surface area contributed by atoms with E-state index in [0.717, 1.165) is 22.4 Å². The van der Waals surface area contributed by atoms with Crippen molar-refractivity contribution in [1.29, 1.82) is 0 Å². The molecule has 6 nitrogen and oxygen atoms in total. The highest BCUT2D eigenvalue weighted by Crippen LogP contribution is 2.21. The van der Waals surface area contributed by atoms with Gasteiger partial charge in [0.1, 0.15) is 5.69 Å². The molecule has 1 heterocycles. The molecule has 0 unspecified atom stereocenters. The van der Waals surface area contributed by atoms with Gasteiger partial charge in [0.2, 0.25) is 0 Å². The molecule has 1 amide bonds. The average Bonchev–Trinajstić information content (AvgIpc) is 3.22. The Bertz CT molecular complexity index is 1090. The van der Waals surface area contributed by atoms with Crippen molar-refractivity contribution in [2.75, 3.05) is 0 Å². The maximum absolute atomic E-state index is 11.4. The highest BCUT2D eigenvalue weighted by Gasteiger charge is 2.08. The molecule has 0 aliphatic rings. The number of amides is 1. The molecule has 0 fully saturated rings. The molecule has 2 N–H and O–H groups in total. The molecule has 6 heteroatoms. The average molecular weight is 370 g/mol. The normalized spacial score (nSPS) is 10.6. The Hall–Kier alpha value is -3.77. The number of nitrogens with zero attached hydrogens (tertiary/aromatic N) is 3. The summed E-state index contributed by atoms with van der Waals surface area (Å²) in [5, 5.41) is 17.1. The van der Waals surface area contributed by atoms with Gasteiger partial charge >= 0.3 is 0 Å². The summed E-state index contributed by atoms with van der Waals surface area (Å²) in [7, 11) is 0. The van der Waals surface area contributed by atoms with Crippen molar-refractivity contribution in [2.24, 2.45) is 0 Å².